The smallest absolute Gasteiger partial charge is 0.136 e. The highest BCUT2D eigenvalue weighted by Gasteiger charge is 2.37. The lowest BCUT2D eigenvalue weighted by atomic mass is 9.85. The summed E-state index contributed by atoms with van der Waals surface area (Å²) in [5.41, 5.74) is 8.71. The zero-order valence-corrected chi connectivity index (χ0v) is 23.7. The van der Waals surface area contributed by atoms with E-state index in [1.807, 2.05) is 0 Å². The first-order chi connectivity index (χ1) is 20.8. The van der Waals surface area contributed by atoms with Gasteiger partial charge in [-0.1, -0.05) is 133 Å². The minimum Gasteiger partial charge on any atom is -0.317 e. The summed E-state index contributed by atoms with van der Waals surface area (Å²) in [5, 5.41) is 5.15. The normalized spacial score (nSPS) is 17.9. The van der Waals surface area contributed by atoms with Gasteiger partial charge in [-0.3, -0.25) is 4.99 Å². The number of hydrogen-bond acceptors (Lipinski definition) is 2. The third kappa shape index (κ3) is 4.06. The van der Waals surface area contributed by atoms with E-state index in [1.165, 1.54) is 60.6 Å². The highest BCUT2D eigenvalue weighted by atomic mass is 15.3. The van der Waals surface area contributed by atoms with Crippen molar-refractivity contribution in [2.24, 2.45) is 4.99 Å². The zero-order chi connectivity index (χ0) is 28.0. The van der Waals surface area contributed by atoms with E-state index in [1.54, 1.807) is 0 Å². The van der Waals surface area contributed by atoms with Gasteiger partial charge >= 0.3 is 0 Å². The first kappa shape index (κ1) is 24.8. The summed E-state index contributed by atoms with van der Waals surface area (Å²) in [6, 6.07) is 47.0. The molecular formula is C40H32N2. The molecule has 2 heteroatoms. The van der Waals surface area contributed by atoms with Gasteiger partial charge in [-0.25, -0.2) is 0 Å². The monoisotopic (exact) mass is 540 g/mol. The van der Waals surface area contributed by atoms with Gasteiger partial charge < -0.3 is 4.90 Å². The average molecular weight is 541 g/mol. The van der Waals surface area contributed by atoms with E-state index in [0.29, 0.717) is 6.04 Å². The molecule has 1 aliphatic heterocycles. The second kappa shape index (κ2) is 10.2. The number of rotatable bonds is 4. The minimum absolute atomic E-state index is 0.259. The van der Waals surface area contributed by atoms with Crippen LogP contribution in [0.25, 0.3) is 43.8 Å². The molecule has 0 amide bonds. The maximum absolute atomic E-state index is 5.24. The molecule has 6 aromatic rings. The van der Waals surface area contributed by atoms with Crippen LogP contribution in [-0.2, 0) is 0 Å². The summed E-state index contributed by atoms with van der Waals surface area (Å²) in [4.78, 5) is 7.68. The van der Waals surface area contributed by atoms with E-state index in [0.717, 1.165) is 18.7 Å². The number of hydrogen-bond donors (Lipinski definition) is 0. The molecule has 0 N–H and O–H groups in total. The van der Waals surface area contributed by atoms with Crippen molar-refractivity contribution in [1.29, 1.82) is 0 Å². The summed E-state index contributed by atoms with van der Waals surface area (Å²) in [7, 11) is 0. The Morgan fingerprint density at radius 1 is 0.595 bits per heavy atom. The van der Waals surface area contributed by atoms with E-state index >= 15 is 0 Å². The van der Waals surface area contributed by atoms with E-state index < -0.39 is 0 Å². The molecular weight excluding hydrogens is 508 g/mol. The topological polar surface area (TPSA) is 15.6 Å². The number of anilines is 1. The molecule has 2 atom stereocenters. The molecule has 2 unspecified atom stereocenters. The van der Waals surface area contributed by atoms with Crippen molar-refractivity contribution in [3.63, 3.8) is 0 Å². The van der Waals surface area contributed by atoms with Crippen LogP contribution in [0, 0.1) is 6.92 Å². The van der Waals surface area contributed by atoms with Crippen molar-refractivity contribution in [3.05, 3.63) is 151 Å². The standard InChI is InChI=1S/C40H32N2/c1-27-20-25-34-35(26-27)39(33-17-9-8-16-32(33)38(34)28-12-4-2-5-13-28)29-21-23-31(24-22-29)42-37-19-11-10-18-36(37)41-40(42)30-14-6-3-7-15-30/h2-9,11-17,19-26,36-37H,10,18H2,1H3. The predicted molar refractivity (Wildman–Crippen MR) is 178 cm³/mol. The van der Waals surface area contributed by atoms with E-state index in [2.05, 4.69) is 151 Å². The van der Waals surface area contributed by atoms with Gasteiger partial charge in [0.15, 0.2) is 0 Å². The quantitative estimate of drug-likeness (QED) is 0.160. The molecule has 2 nitrogen and oxygen atoms in total. The lowest BCUT2D eigenvalue weighted by Gasteiger charge is -2.30. The Balaban J connectivity index is 1.30. The van der Waals surface area contributed by atoms with Gasteiger partial charge in [0.25, 0.3) is 0 Å². The van der Waals surface area contributed by atoms with Gasteiger partial charge in [0, 0.05) is 11.3 Å². The molecule has 0 saturated carbocycles. The van der Waals surface area contributed by atoms with Crippen molar-refractivity contribution in [3.8, 4) is 22.3 Å². The lowest BCUT2D eigenvalue weighted by molar-refractivity contribution is 0.570. The molecule has 1 heterocycles. The first-order valence-electron chi connectivity index (χ1n) is 15.0. The average Bonchev–Trinajstić information content (AvgIpc) is 3.44. The number of nitrogens with zero attached hydrogens (tertiary/aromatic N) is 2. The molecule has 0 bridgehead atoms. The van der Waals surface area contributed by atoms with Crippen LogP contribution in [0.4, 0.5) is 5.69 Å². The fourth-order valence-corrected chi connectivity index (χ4v) is 6.96. The number of aryl methyl sites for hydroxylation is 1. The van der Waals surface area contributed by atoms with E-state index in [4.69, 9.17) is 4.99 Å². The molecule has 8 rings (SSSR count). The summed E-state index contributed by atoms with van der Waals surface area (Å²) >= 11 is 0. The lowest BCUT2D eigenvalue weighted by Crippen LogP contribution is -2.39. The Morgan fingerprint density at radius 3 is 1.90 bits per heavy atom. The number of amidine groups is 1. The van der Waals surface area contributed by atoms with Crippen molar-refractivity contribution >= 4 is 33.1 Å². The third-order valence-electron chi connectivity index (χ3n) is 8.88. The fraction of sp³-hybridized carbons (Fsp3) is 0.125. The van der Waals surface area contributed by atoms with Crippen LogP contribution in [0.3, 0.4) is 0 Å². The number of fused-ring (bicyclic) bond motifs is 3. The van der Waals surface area contributed by atoms with Gasteiger partial charge in [0.2, 0.25) is 0 Å². The van der Waals surface area contributed by atoms with Crippen LogP contribution in [0.1, 0.15) is 24.0 Å². The molecule has 202 valence electrons. The zero-order valence-electron chi connectivity index (χ0n) is 23.7. The Kier molecular flexibility index (Phi) is 6.00. The molecule has 2 aliphatic rings. The SMILES string of the molecule is Cc1ccc2c(-c3ccccc3)c3ccccc3c(-c3ccc(N4C(c5ccccc5)=NC5CCC=CC54)cc3)c2c1. The third-order valence-corrected chi connectivity index (χ3v) is 8.88. The number of aliphatic imine (C=N–C) groups is 1. The largest absolute Gasteiger partial charge is 0.317 e. The van der Waals surface area contributed by atoms with Gasteiger partial charge in [0.05, 0.1) is 12.1 Å². The minimum atomic E-state index is 0.259. The molecule has 0 saturated heterocycles. The highest BCUT2D eigenvalue weighted by molar-refractivity contribution is 6.21. The van der Waals surface area contributed by atoms with Crippen molar-refractivity contribution < 1.29 is 0 Å². The number of benzene rings is 6. The van der Waals surface area contributed by atoms with Crippen LogP contribution in [0.5, 0.6) is 0 Å². The molecule has 0 fully saturated rings. The molecule has 42 heavy (non-hydrogen) atoms. The Morgan fingerprint density at radius 2 is 1.19 bits per heavy atom. The summed E-state index contributed by atoms with van der Waals surface area (Å²) in [6.07, 6.45) is 6.86. The molecule has 0 radical (unpaired) electrons. The van der Waals surface area contributed by atoms with Crippen molar-refractivity contribution in [2.45, 2.75) is 31.8 Å². The number of allylic oxidation sites excluding steroid dienone is 1. The summed E-state index contributed by atoms with van der Waals surface area (Å²) in [6.45, 7) is 2.19. The Hall–Kier alpha value is -4.95. The van der Waals surface area contributed by atoms with Crippen molar-refractivity contribution in [1.82, 2.24) is 0 Å². The predicted octanol–water partition coefficient (Wildman–Crippen LogP) is 9.99. The van der Waals surface area contributed by atoms with Gasteiger partial charge in [-0.15, -0.1) is 0 Å². The summed E-state index contributed by atoms with van der Waals surface area (Å²) in [5.74, 6) is 1.07. The molecule has 0 aromatic heterocycles. The molecule has 0 spiro atoms. The fourth-order valence-electron chi connectivity index (χ4n) is 6.96. The van der Waals surface area contributed by atoms with Crippen LogP contribution in [0.15, 0.2) is 145 Å². The van der Waals surface area contributed by atoms with Crippen LogP contribution in [0.2, 0.25) is 0 Å². The van der Waals surface area contributed by atoms with Gasteiger partial charge in [-0.05, 0) is 75.7 Å². The van der Waals surface area contributed by atoms with Gasteiger partial charge in [-0.2, -0.15) is 0 Å². The highest BCUT2D eigenvalue weighted by Crippen LogP contribution is 2.44. The Bertz CT molecular complexity index is 1990. The maximum Gasteiger partial charge on any atom is 0.136 e. The Labute approximate surface area is 247 Å². The summed E-state index contributed by atoms with van der Waals surface area (Å²) < 4.78 is 0. The van der Waals surface area contributed by atoms with E-state index in [-0.39, 0.29) is 6.04 Å². The second-order valence-corrected chi connectivity index (χ2v) is 11.5. The molecule has 1 aliphatic carbocycles. The second-order valence-electron chi connectivity index (χ2n) is 11.5. The van der Waals surface area contributed by atoms with Crippen LogP contribution in [-0.4, -0.2) is 17.9 Å². The first-order valence-corrected chi connectivity index (χ1v) is 15.0. The maximum atomic E-state index is 5.24. The molecule has 6 aromatic carbocycles. The van der Waals surface area contributed by atoms with Crippen LogP contribution < -0.4 is 4.90 Å². The van der Waals surface area contributed by atoms with Crippen molar-refractivity contribution in [2.75, 3.05) is 4.90 Å². The van der Waals surface area contributed by atoms with Crippen LogP contribution >= 0.6 is 0 Å². The van der Waals surface area contributed by atoms with Gasteiger partial charge in [0.1, 0.15) is 5.84 Å². The van der Waals surface area contributed by atoms with E-state index in [9.17, 15) is 0 Å².